The Morgan fingerprint density at radius 1 is 0.323 bits per heavy atom. The van der Waals surface area contributed by atoms with Crippen molar-refractivity contribution < 1.29 is 0 Å². The van der Waals surface area contributed by atoms with Gasteiger partial charge < -0.3 is 0 Å². The van der Waals surface area contributed by atoms with Crippen molar-refractivity contribution >= 4 is 43.6 Å². The molecule has 3 heterocycles. The zero-order valence-corrected chi connectivity index (χ0v) is 35.9. The first kappa shape index (κ1) is 37.2. The van der Waals surface area contributed by atoms with Crippen LogP contribution in [0.2, 0.25) is 0 Å². The fourth-order valence-corrected chi connectivity index (χ4v) is 10.5. The smallest absolute Gasteiger partial charge is 0.240 e. The molecule has 0 aliphatic heterocycles. The largest absolute Gasteiger partial charge is 0.278 e. The third-order valence-corrected chi connectivity index (χ3v) is 13.6. The van der Waals surface area contributed by atoms with E-state index in [1.54, 1.807) is 0 Å². The Morgan fingerprint density at radius 3 is 1.37 bits per heavy atom. The highest BCUT2D eigenvalue weighted by Gasteiger charge is 2.36. The summed E-state index contributed by atoms with van der Waals surface area (Å²) >= 11 is 0. The third-order valence-electron chi connectivity index (χ3n) is 13.6. The number of nitrogens with zero attached hydrogens (tertiary/aromatic N) is 5. The minimum Gasteiger partial charge on any atom is -0.278 e. The number of hydrogen-bond donors (Lipinski definition) is 0. The fourth-order valence-electron chi connectivity index (χ4n) is 10.5. The molecule has 0 amide bonds. The molecule has 5 nitrogen and oxygen atoms in total. The van der Waals surface area contributed by atoms with Crippen molar-refractivity contribution in [3.63, 3.8) is 0 Å². The molecular formula is C60H41N5. The quantitative estimate of drug-likeness (QED) is 0.168. The van der Waals surface area contributed by atoms with Gasteiger partial charge in [-0.3, -0.25) is 9.13 Å². The zero-order valence-electron chi connectivity index (χ0n) is 35.9. The van der Waals surface area contributed by atoms with E-state index in [1.165, 1.54) is 27.8 Å². The van der Waals surface area contributed by atoms with Crippen molar-refractivity contribution in [2.75, 3.05) is 0 Å². The molecule has 0 unspecified atom stereocenters. The van der Waals surface area contributed by atoms with E-state index in [1.807, 2.05) is 0 Å². The van der Waals surface area contributed by atoms with Gasteiger partial charge in [-0.1, -0.05) is 202 Å². The number of para-hydroxylation sites is 2. The average Bonchev–Trinajstić information content (AvgIpc) is 3.97. The van der Waals surface area contributed by atoms with Crippen molar-refractivity contribution in [2.24, 2.45) is 0 Å². The van der Waals surface area contributed by atoms with Crippen LogP contribution in [0.25, 0.3) is 111 Å². The molecule has 65 heavy (non-hydrogen) atoms. The summed E-state index contributed by atoms with van der Waals surface area (Å²) in [5.41, 5.74) is 17.2. The first-order valence-electron chi connectivity index (χ1n) is 22.3. The van der Waals surface area contributed by atoms with Gasteiger partial charge in [0.2, 0.25) is 11.9 Å². The predicted molar refractivity (Wildman–Crippen MR) is 268 cm³/mol. The van der Waals surface area contributed by atoms with Crippen molar-refractivity contribution in [1.29, 1.82) is 0 Å². The van der Waals surface area contributed by atoms with Crippen LogP contribution in [0, 0.1) is 0 Å². The van der Waals surface area contributed by atoms with Gasteiger partial charge in [0.05, 0.1) is 22.1 Å². The lowest BCUT2D eigenvalue weighted by Crippen LogP contribution is -2.14. The molecule has 0 radical (unpaired) electrons. The second-order valence-corrected chi connectivity index (χ2v) is 17.6. The Bertz CT molecular complexity index is 3690. The molecule has 0 N–H and O–H groups in total. The molecule has 12 aromatic rings. The second kappa shape index (κ2) is 14.3. The predicted octanol–water partition coefficient (Wildman–Crippen LogP) is 15.0. The van der Waals surface area contributed by atoms with E-state index in [0.717, 1.165) is 77.0 Å². The van der Waals surface area contributed by atoms with E-state index in [-0.39, 0.29) is 5.41 Å². The van der Waals surface area contributed by atoms with Gasteiger partial charge in [-0.05, 0) is 79.9 Å². The highest BCUT2D eigenvalue weighted by Crippen LogP contribution is 2.52. The van der Waals surface area contributed by atoms with Gasteiger partial charge in [-0.25, -0.2) is 0 Å². The molecule has 3 aromatic heterocycles. The maximum atomic E-state index is 5.49. The zero-order chi connectivity index (χ0) is 43.2. The van der Waals surface area contributed by atoms with E-state index in [9.17, 15) is 0 Å². The van der Waals surface area contributed by atoms with Crippen LogP contribution in [0.5, 0.6) is 0 Å². The van der Waals surface area contributed by atoms with E-state index >= 15 is 0 Å². The summed E-state index contributed by atoms with van der Waals surface area (Å²) in [5, 5.41) is 4.55. The number of rotatable bonds is 6. The van der Waals surface area contributed by atoms with Gasteiger partial charge in [-0.2, -0.15) is 15.0 Å². The Morgan fingerprint density at radius 2 is 0.769 bits per heavy atom. The van der Waals surface area contributed by atoms with Crippen LogP contribution in [0.3, 0.4) is 0 Å². The van der Waals surface area contributed by atoms with Crippen LogP contribution >= 0.6 is 0 Å². The van der Waals surface area contributed by atoms with E-state index in [0.29, 0.717) is 17.7 Å². The molecule has 0 spiro atoms. The summed E-state index contributed by atoms with van der Waals surface area (Å²) in [7, 11) is 0. The number of fused-ring (bicyclic) bond motifs is 9. The molecule has 5 heteroatoms. The molecule has 0 bridgehead atoms. The molecular weight excluding hydrogens is 791 g/mol. The summed E-state index contributed by atoms with van der Waals surface area (Å²) < 4.78 is 4.44. The van der Waals surface area contributed by atoms with Crippen molar-refractivity contribution in [1.82, 2.24) is 24.1 Å². The van der Waals surface area contributed by atoms with Crippen LogP contribution in [-0.2, 0) is 5.41 Å². The highest BCUT2D eigenvalue weighted by atomic mass is 15.3. The van der Waals surface area contributed by atoms with Crippen LogP contribution < -0.4 is 0 Å². The minimum atomic E-state index is -0.0805. The molecule has 13 rings (SSSR count). The van der Waals surface area contributed by atoms with Crippen molar-refractivity contribution in [2.45, 2.75) is 19.3 Å². The van der Waals surface area contributed by atoms with Gasteiger partial charge in [0.1, 0.15) is 0 Å². The molecule has 1 aliphatic carbocycles. The lowest BCUT2D eigenvalue weighted by molar-refractivity contribution is 0.660. The Kier molecular flexibility index (Phi) is 8.18. The topological polar surface area (TPSA) is 48.5 Å². The molecule has 1 aliphatic rings. The summed E-state index contributed by atoms with van der Waals surface area (Å²) in [6.07, 6.45) is 0. The summed E-state index contributed by atoms with van der Waals surface area (Å²) in [5.74, 6) is 1.70. The SMILES string of the molecule is CC1(C)c2ccccc2-c2c(-c3ccc(-c4nc(-n5c6ccccc6c6ccccc65)nc(-n5c6cc(-c7ccccc7)ccc6c6ccc(-c7ccccc7)cc65)n4)cc3)cccc21. The first-order valence-corrected chi connectivity index (χ1v) is 22.3. The van der Waals surface area contributed by atoms with Crippen LogP contribution in [0.4, 0.5) is 0 Å². The molecule has 306 valence electrons. The molecule has 0 saturated carbocycles. The summed E-state index contributed by atoms with van der Waals surface area (Å²) in [4.78, 5) is 16.3. The van der Waals surface area contributed by atoms with Gasteiger partial charge in [0.15, 0.2) is 5.82 Å². The second-order valence-electron chi connectivity index (χ2n) is 17.6. The van der Waals surface area contributed by atoms with Crippen LogP contribution in [-0.4, -0.2) is 24.1 Å². The first-order chi connectivity index (χ1) is 32.0. The molecule has 9 aromatic carbocycles. The normalized spacial score (nSPS) is 12.9. The highest BCUT2D eigenvalue weighted by molar-refractivity contribution is 6.11. The maximum absolute atomic E-state index is 5.49. The van der Waals surface area contributed by atoms with E-state index in [2.05, 4.69) is 235 Å². The summed E-state index contributed by atoms with van der Waals surface area (Å²) in [6, 6.07) is 76.0. The third kappa shape index (κ3) is 5.75. The van der Waals surface area contributed by atoms with Gasteiger partial charge in [-0.15, -0.1) is 0 Å². The fraction of sp³-hybridized carbons (Fsp3) is 0.0500. The number of hydrogen-bond acceptors (Lipinski definition) is 3. The number of aromatic nitrogens is 5. The Labute approximate surface area is 376 Å². The molecule has 0 fully saturated rings. The van der Waals surface area contributed by atoms with Gasteiger partial charge >= 0.3 is 0 Å². The van der Waals surface area contributed by atoms with Gasteiger partial charge in [0.25, 0.3) is 0 Å². The van der Waals surface area contributed by atoms with E-state index in [4.69, 9.17) is 15.0 Å². The van der Waals surface area contributed by atoms with Crippen LogP contribution in [0.15, 0.2) is 212 Å². The lowest BCUT2D eigenvalue weighted by Gasteiger charge is -2.21. The van der Waals surface area contributed by atoms with Crippen molar-refractivity contribution in [3.05, 3.63) is 223 Å². The molecule has 0 atom stereocenters. The standard InChI is InChI=1S/C60H41N5/c1-60(2)50-24-12-9-22-49(50)56-44(23-15-25-51(56)60)40-28-30-41(31-29-40)57-61-58(64-52-26-13-10-20-45(52)46-21-11-14-27-53(46)64)63-59(62-57)65-54-36-42(38-16-5-3-6-17-38)32-34-47(54)48-35-33-43(37-55(48)65)39-18-7-4-8-19-39/h3-37H,1-2H3. The Balaban J connectivity index is 1.06. The maximum Gasteiger partial charge on any atom is 0.240 e. The molecule has 0 saturated heterocycles. The summed E-state index contributed by atoms with van der Waals surface area (Å²) in [6.45, 7) is 4.67. The van der Waals surface area contributed by atoms with Crippen LogP contribution in [0.1, 0.15) is 25.0 Å². The van der Waals surface area contributed by atoms with Crippen molar-refractivity contribution in [3.8, 4) is 67.8 Å². The monoisotopic (exact) mass is 831 g/mol. The minimum absolute atomic E-state index is 0.0805. The lowest BCUT2D eigenvalue weighted by atomic mass is 9.82. The average molecular weight is 832 g/mol. The van der Waals surface area contributed by atoms with Gasteiger partial charge in [0, 0.05) is 32.5 Å². The number of benzene rings is 9. The van der Waals surface area contributed by atoms with E-state index < -0.39 is 0 Å². The Hall–Kier alpha value is -8.41.